The fraction of sp³-hybridized carbons (Fsp3) is 0.167. The Labute approximate surface area is 176 Å². The molecule has 0 saturated heterocycles. The molecule has 0 aliphatic carbocycles. The van der Waals surface area contributed by atoms with Crippen molar-refractivity contribution in [3.8, 4) is 5.75 Å². The molecule has 6 nitrogen and oxygen atoms in total. The van der Waals surface area contributed by atoms with Crippen LogP contribution < -0.4 is 20.7 Å². The summed E-state index contributed by atoms with van der Waals surface area (Å²) in [5.41, 5.74) is 3.07. The molecule has 0 atom stereocenters. The monoisotopic (exact) mass is 403 g/mol. The van der Waals surface area contributed by atoms with Crippen molar-refractivity contribution in [1.29, 1.82) is 0 Å². The topological polar surface area (TPSA) is 79.5 Å². The third-order valence-electron chi connectivity index (χ3n) is 4.35. The summed E-state index contributed by atoms with van der Waals surface area (Å²) >= 11 is 0. The van der Waals surface area contributed by atoms with Crippen LogP contribution in [-0.4, -0.2) is 25.0 Å². The van der Waals surface area contributed by atoms with Gasteiger partial charge in [-0.3, -0.25) is 9.59 Å². The summed E-state index contributed by atoms with van der Waals surface area (Å²) in [6.07, 6.45) is 0. The minimum absolute atomic E-state index is 0.118. The van der Waals surface area contributed by atoms with E-state index in [0.717, 1.165) is 17.0 Å². The van der Waals surface area contributed by atoms with E-state index in [2.05, 4.69) is 16.0 Å². The van der Waals surface area contributed by atoms with Gasteiger partial charge in [0.25, 0.3) is 5.91 Å². The molecule has 0 saturated carbocycles. The number of amides is 2. The molecule has 6 heteroatoms. The van der Waals surface area contributed by atoms with Gasteiger partial charge in [-0.25, -0.2) is 0 Å². The quantitative estimate of drug-likeness (QED) is 0.503. The lowest BCUT2D eigenvalue weighted by Crippen LogP contribution is -2.23. The van der Waals surface area contributed by atoms with E-state index in [9.17, 15) is 9.59 Å². The highest BCUT2D eigenvalue weighted by atomic mass is 16.5. The number of carbonyl (C=O) groups is 2. The fourth-order valence-electron chi connectivity index (χ4n) is 2.81. The van der Waals surface area contributed by atoms with Crippen LogP contribution in [0.4, 0.5) is 11.4 Å². The number of hydrogen-bond donors (Lipinski definition) is 3. The molecule has 0 heterocycles. The highest BCUT2D eigenvalue weighted by Gasteiger charge is 2.06. The zero-order valence-corrected chi connectivity index (χ0v) is 16.9. The van der Waals surface area contributed by atoms with E-state index in [-0.39, 0.29) is 18.4 Å². The Bertz CT molecular complexity index is 955. The summed E-state index contributed by atoms with van der Waals surface area (Å²) in [6.45, 7) is 3.12. The van der Waals surface area contributed by atoms with Gasteiger partial charge >= 0.3 is 0 Å². The number of hydrogen-bond acceptors (Lipinski definition) is 4. The molecular weight excluding hydrogens is 378 g/mol. The SMILES string of the molecule is CCOc1ccc(NC(=O)CNc2ccc(C(=O)NCc3ccccc3)cc2)cc1. The number of benzene rings is 3. The third kappa shape index (κ3) is 6.38. The van der Waals surface area contributed by atoms with Crippen molar-refractivity contribution >= 4 is 23.2 Å². The third-order valence-corrected chi connectivity index (χ3v) is 4.35. The van der Waals surface area contributed by atoms with E-state index >= 15 is 0 Å². The molecule has 2 amide bonds. The lowest BCUT2D eigenvalue weighted by atomic mass is 10.1. The first-order valence-electron chi connectivity index (χ1n) is 9.83. The lowest BCUT2D eigenvalue weighted by molar-refractivity contribution is -0.114. The van der Waals surface area contributed by atoms with Gasteiger partial charge in [-0.15, -0.1) is 0 Å². The predicted octanol–water partition coefficient (Wildman–Crippen LogP) is 4.07. The highest BCUT2D eigenvalue weighted by Crippen LogP contribution is 2.15. The van der Waals surface area contributed by atoms with Gasteiger partial charge in [-0.05, 0) is 61.0 Å². The van der Waals surface area contributed by atoms with Crippen molar-refractivity contribution in [2.24, 2.45) is 0 Å². The van der Waals surface area contributed by atoms with Gasteiger partial charge in [0.15, 0.2) is 0 Å². The van der Waals surface area contributed by atoms with Crippen LogP contribution in [0, 0.1) is 0 Å². The van der Waals surface area contributed by atoms with Crippen LogP contribution in [0.1, 0.15) is 22.8 Å². The Morgan fingerprint density at radius 2 is 1.50 bits per heavy atom. The Morgan fingerprint density at radius 3 is 2.17 bits per heavy atom. The van der Waals surface area contributed by atoms with E-state index in [0.29, 0.717) is 24.4 Å². The summed E-state index contributed by atoms with van der Waals surface area (Å²) in [7, 11) is 0. The molecule has 0 aliphatic rings. The van der Waals surface area contributed by atoms with Crippen molar-refractivity contribution in [3.63, 3.8) is 0 Å². The predicted molar refractivity (Wildman–Crippen MR) is 119 cm³/mol. The molecule has 0 spiro atoms. The van der Waals surface area contributed by atoms with Crippen LogP contribution in [0.15, 0.2) is 78.9 Å². The van der Waals surface area contributed by atoms with Crippen LogP contribution in [0.2, 0.25) is 0 Å². The van der Waals surface area contributed by atoms with Gasteiger partial charge < -0.3 is 20.7 Å². The molecule has 0 fully saturated rings. The van der Waals surface area contributed by atoms with Crippen LogP contribution in [0.3, 0.4) is 0 Å². The second kappa shape index (κ2) is 10.7. The number of ether oxygens (including phenoxy) is 1. The standard InChI is InChI=1S/C24H25N3O3/c1-2-30-22-14-12-21(13-15-22)27-23(28)17-25-20-10-8-19(9-11-20)24(29)26-16-18-6-4-3-5-7-18/h3-15,25H,2,16-17H2,1H3,(H,26,29)(H,27,28). The Balaban J connectivity index is 1.44. The summed E-state index contributed by atoms with van der Waals surface area (Å²) in [5.74, 6) is 0.462. The Morgan fingerprint density at radius 1 is 0.833 bits per heavy atom. The van der Waals surface area contributed by atoms with Gasteiger partial charge in [0.2, 0.25) is 5.91 Å². The zero-order chi connectivity index (χ0) is 21.2. The molecule has 0 unspecified atom stereocenters. The van der Waals surface area contributed by atoms with E-state index in [1.807, 2.05) is 49.4 Å². The second-order valence-corrected chi connectivity index (χ2v) is 6.60. The maximum absolute atomic E-state index is 12.3. The van der Waals surface area contributed by atoms with E-state index in [4.69, 9.17) is 4.74 Å². The minimum Gasteiger partial charge on any atom is -0.494 e. The molecule has 3 aromatic rings. The first kappa shape index (κ1) is 20.9. The zero-order valence-electron chi connectivity index (χ0n) is 16.9. The maximum Gasteiger partial charge on any atom is 0.251 e. The number of nitrogens with one attached hydrogen (secondary N) is 3. The maximum atomic E-state index is 12.3. The first-order chi connectivity index (χ1) is 14.6. The smallest absolute Gasteiger partial charge is 0.251 e. The molecule has 3 aromatic carbocycles. The van der Waals surface area contributed by atoms with E-state index in [1.54, 1.807) is 36.4 Å². The normalized spacial score (nSPS) is 10.2. The van der Waals surface area contributed by atoms with Crippen molar-refractivity contribution < 1.29 is 14.3 Å². The molecule has 3 rings (SSSR count). The van der Waals surface area contributed by atoms with Crippen molar-refractivity contribution in [2.75, 3.05) is 23.8 Å². The fourth-order valence-corrected chi connectivity index (χ4v) is 2.81. The van der Waals surface area contributed by atoms with Gasteiger partial charge in [0.05, 0.1) is 13.2 Å². The summed E-state index contributed by atoms with van der Waals surface area (Å²) < 4.78 is 5.38. The number of carbonyl (C=O) groups excluding carboxylic acids is 2. The van der Waals surface area contributed by atoms with E-state index in [1.165, 1.54) is 0 Å². The molecule has 0 radical (unpaired) electrons. The molecule has 0 bridgehead atoms. The average molecular weight is 403 g/mol. The number of anilines is 2. The van der Waals surface area contributed by atoms with Crippen LogP contribution in [-0.2, 0) is 11.3 Å². The largest absolute Gasteiger partial charge is 0.494 e. The van der Waals surface area contributed by atoms with Crippen molar-refractivity contribution in [2.45, 2.75) is 13.5 Å². The second-order valence-electron chi connectivity index (χ2n) is 6.60. The summed E-state index contributed by atoms with van der Waals surface area (Å²) in [4.78, 5) is 24.4. The molecule has 30 heavy (non-hydrogen) atoms. The van der Waals surface area contributed by atoms with Crippen LogP contribution >= 0.6 is 0 Å². The van der Waals surface area contributed by atoms with Crippen molar-refractivity contribution in [1.82, 2.24) is 5.32 Å². The Hall–Kier alpha value is -3.80. The van der Waals surface area contributed by atoms with Gasteiger partial charge in [-0.2, -0.15) is 0 Å². The lowest BCUT2D eigenvalue weighted by Gasteiger charge is -2.10. The Kier molecular flexibility index (Phi) is 7.44. The van der Waals surface area contributed by atoms with Crippen LogP contribution in [0.5, 0.6) is 5.75 Å². The summed E-state index contributed by atoms with van der Waals surface area (Å²) in [6, 6.07) is 24.0. The van der Waals surface area contributed by atoms with Gasteiger partial charge in [0, 0.05) is 23.5 Å². The van der Waals surface area contributed by atoms with Gasteiger partial charge in [0.1, 0.15) is 5.75 Å². The minimum atomic E-state index is -0.163. The van der Waals surface area contributed by atoms with Crippen molar-refractivity contribution in [3.05, 3.63) is 90.0 Å². The highest BCUT2D eigenvalue weighted by molar-refractivity contribution is 5.95. The number of rotatable bonds is 9. The van der Waals surface area contributed by atoms with Crippen LogP contribution in [0.25, 0.3) is 0 Å². The average Bonchev–Trinajstić information content (AvgIpc) is 2.78. The van der Waals surface area contributed by atoms with E-state index < -0.39 is 0 Å². The molecular formula is C24H25N3O3. The summed E-state index contributed by atoms with van der Waals surface area (Å²) in [5, 5.41) is 8.77. The molecule has 0 aromatic heterocycles. The molecule has 3 N–H and O–H groups in total. The first-order valence-corrected chi connectivity index (χ1v) is 9.83. The van der Waals surface area contributed by atoms with Gasteiger partial charge in [-0.1, -0.05) is 30.3 Å². The molecule has 0 aliphatic heterocycles. The molecule has 154 valence electrons.